The summed E-state index contributed by atoms with van der Waals surface area (Å²) in [4.78, 5) is 11.6. The van der Waals surface area contributed by atoms with E-state index in [4.69, 9.17) is 4.74 Å². The van der Waals surface area contributed by atoms with Gasteiger partial charge in [-0.2, -0.15) is 0 Å². The average molecular weight is 254 g/mol. The Labute approximate surface area is 113 Å². The summed E-state index contributed by atoms with van der Waals surface area (Å²) in [6.07, 6.45) is 11.8. The predicted molar refractivity (Wildman–Crippen MR) is 77.8 cm³/mol. The Bertz CT molecular complexity index is 235. The van der Waals surface area contributed by atoms with Crippen LogP contribution in [0.3, 0.4) is 0 Å². The van der Waals surface area contributed by atoms with Crippen molar-refractivity contribution in [3.63, 3.8) is 0 Å². The molecule has 0 aromatic heterocycles. The maximum atomic E-state index is 11.6. The molecule has 0 amide bonds. The Morgan fingerprint density at radius 3 is 2.33 bits per heavy atom. The number of ether oxygens (including phenoxy) is 1. The van der Waals surface area contributed by atoms with Crippen molar-refractivity contribution in [1.29, 1.82) is 0 Å². The maximum absolute atomic E-state index is 11.6. The van der Waals surface area contributed by atoms with Crippen LogP contribution in [0.15, 0.2) is 12.2 Å². The number of unbranched alkanes of at least 4 members (excludes halogenated alkanes) is 3. The molecule has 0 aromatic carbocycles. The molecule has 0 aliphatic rings. The van der Waals surface area contributed by atoms with Crippen LogP contribution >= 0.6 is 0 Å². The summed E-state index contributed by atoms with van der Waals surface area (Å²) in [5.74, 6) is 0. The summed E-state index contributed by atoms with van der Waals surface area (Å²) < 4.78 is 5.67. The van der Waals surface area contributed by atoms with E-state index in [1.54, 1.807) is 0 Å². The summed E-state index contributed by atoms with van der Waals surface area (Å²) in [7, 11) is 0. The van der Waals surface area contributed by atoms with Gasteiger partial charge in [-0.1, -0.05) is 51.7 Å². The van der Waals surface area contributed by atoms with Gasteiger partial charge in [0, 0.05) is 6.61 Å². The molecular formula is C16H30O2. The van der Waals surface area contributed by atoms with Gasteiger partial charge in [0.2, 0.25) is 0 Å². The van der Waals surface area contributed by atoms with Crippen molar-refractivity contribution in [3.05, 3.63) is 12.2 Å². The highest BCUT2D eigenvalue weighted by atomic mass is 16.5. The second-order valence-electron chi connectivity index (χ2n) is 4.98. The lowest BCUT2D eigenvalue weighted by atomic mass is 9.79. The number of carbonyl (C=O) groups is 1. The second-order valence-corrected chi connectivity index (χ2v) is 4.98. The van der Waals surface area contributed by atoms with Crippen molar-refractivity contribution in [1.82, 2.24) is 0 Å². The van der Waals surface area contributed by atoms with Crippen LogP contribution < -0.4 is 0 Å². The van der Waals surface area contributed by atoms with Gasteiger partial charge in [-0.3, -0.25) is 0 Å². The minimum atomic E-state index is -0.431. The van der Waals surface area contributed by atoms with Gasteiger partial charge in [0.15, 0.2) is 0 Å². The average Bonchev–Trinajstić information content (AvgIpc) is 2.39. The lowest BCUT2D eigenvalue weighted by molar-refractivity contribution is -0.121. The van der Waals surface area contributed by atoms with E-state index in [0.29, 0.717) is 6.61 Å². The van der Waals surface area contributed by atoms with Gasteiger partial charge >= 0.3 is 0 Å². The van der Waals surface area contributed by atoms with Crippen LogP contribution in [0.2, 0.25) is 0 Å². The first kappa shape index (κ1) is 17.4. The van der Waals surface area contributed by atoms with Crippen molar-refractivity contribution >= 4 is 6.29 Å². The third-order valence-electron chi connectivity index (χ3n) is 3.51. The van der Waals surface area contributed by atoms with E-state index in [9.17, 15) is 4.79 Å². The van der Waals surface area contributed by atoms with Gasteiger partial charge in [0.05, 0.1) is 11.5 Å². The summed E-state index contributed by atoms with van der Waals surface area (Å²) in [5.41, 5.74) is -0.431. The zero-order valence-electron chi connectivity index (χ0n) is 12.6. The van der Waals surface area contributed by atoms with Crippen LogP contribution in [0.1, 0.15) is 66.2 Å². The molecule has 0 N–H and O–H groups in total. The van der Waals surface area contributed by atoms with E-state index in [2.05, 4.69) is 26.0 Å². The molecule has 0 saturated heterocycles. The van der Waals surface area contributed by atoms with E-state index in [1.165, 1.54) is 12.8 Å². The van der Waals surface area contributed by atoms with Crippen LogP contribution in [0.25, 0.3) is 0 Å². The number of hydrogen-bond acceptors (Lipinski definition) is 2. The monoisotopic (exact) mass is 254 g/mol. The smallest absolute Gasteiger partial charge is 0.132 e. The Kier molecular flexibility index (Phi) is 9.95. The summed E-state index contributed by atoms with van der Waals surface area (Å²) in [5, 5.41) is 0. The van der Waals surface area contributed by atoms with Gasteiger partial charge < -0.3 is 9.53 Å². The first-order valence-electron chi connectivity index (χ1n) is 7.42. The normalized spacial score (nSPS) is 16.7. The fourth-order valence-corrected chi connectivity index (χ4v) is 2.13. The fraction of sp³-hybridized carbons (Fsp3) is 0.812. The molecule has 0 heterocycles. The Morgan fingerprint density at radius 2 is 1.83 bits per heavy atom. The van der Waals surface area contributed by atoms with E-state index in [0.717, 1.165) is 32.0 Å². The van der Waals surface area contributed by atoms with E-state index >= 15 is 0 Å². The van der Waals surface area contributed by atoms with Gasteiger partial charge in [-0.15, -0.1) is 0 Å². The topological polar surface area (TPSA) is 26.3 Å². The van der Waals surface area contributed by atoms with Gasteiger partial charge in [-0.25, -0.2) is 0 Å². The highest BCUT2D eigenvalue weighted by Crippen LogP contribution is 2.31. The second kappa shape index (κ2) is 10.3. The summed E-state index contributed by atoms with van der Waals surface area (Å²) >= 11 is 0. The number of allylic oxidation sites excluding steroid dienone is 1. The lowest BCUT2D eigenvalue weighted by Crippen LogP contribution is -2.35. The van der Waals surface area contributed by atoms with Crippen molar-refractivity contribution < 1.29 is 9.53 Å². The molecule has 0 rings (SSSR count). The molecule has 0 radical (unpaired) electrons. The molecule has 106 valence electrons. The van der Waals surface area contributed by atoms with Crippen molar-refractivity contribution in [2.24, 2.45) is 5.41 Å². The molecule has 18 heavy (non-hydrogen) atoms. The molecule has 0 bridgehead atoms. The number of aldehydes is 1. The quantitative estimate of drug-likeness (QED) is 0.307. The zero-order valence-corrected chi connectivity index (χ0v) is 12.6. The highest BCUT2D eigenvalue weighted by molar-refractivity contribution is 5.63. The number of hydrogen-bond donors (Lipinski definition) is 0. The molecular weight excluding hydrogens is 224 g/mol. The fourth-order valence-electron chi connectivity index (χ4n) is 2.13. The van der Waals surface area contributed by atoms with Crippen molar-refractivity contribution in [2.75, 3.05) is 6.61 Å². The molecule has 2 nitrogen and oxygen atoms in total. The lowest BCUT2D eigenvalue weighted by Gasteiger charge is -2.31. The molecule has 0 aliphatic heterocycles. The zero-order chi connectivity index (χ0) is 13.9. The molecule has 2 heteroatoms. The first-order valence-corrected chi connectivity index (χ1v) is 7.42. The summed E-state index contributed by atoms with van der Waals surface area (Å²) in [6, 6.07) is 0. The molecule has 0 aliphatic carbocycles. The predicted octanol–water partition coefficient (Wildman–Crippen LogP) is 4.53. The van der Waals surface area contributed by atoms with Gasteiger partial charge in [0.1, 0.15) is 6.29 Å². The van der Waals surface area contributed by atoms with E-state index in [1.807, 2.05) is 13.8 Å². The van der Waals surface area contributed by atoms with Crippen molar-refractivity contribution in [3.8, 4) is 0 Å². The van der Waals surface area contributed by atoms with Crippen LogP contribution in [0.4, 0.5) is 0 Å². The van der Waals surface area contributed by atoms with Crippen LogP contribution in [0, 0.1) is 5.41 Å². The third-order valence-corrected chi connectivity index (χ3v) is 3.51. The molecule has 0 unspecified atom stereocenters. The molecule has 2 atom stereocenters. The molecule has 0 spiro atoms. The van der Waals surface area contributed by atoms with Crippen LogP contribution in [0.5, 0.6) is 0 Å². The number of rotatable bonds is 11. The minimum absolute atomic E-state index is 0.0376. The van der Waals surface area contributed by atoms with Crippen molar-refractivity contribution in [2.45, 2.75) is 72.3 Å². The Hall–Kier alpha value is -0.630. The third kappa shape index (κ3) is 5.81. The Morgan fingerprint density at radius 1 is 1.17 bits per heavy atom. The van der Waals surface area contributed by atoms with E-state index < -0.39 is 5.41 Å². The maximum Gasteiger partial charge on any atom is 0.132 e. The minimum Gasteiger partial charge on any atom is -0.377 e. The van der Waals surface area contributed by atoms with Crippen LogP contribution in [-0.4, -0.2) is 19.0 Å². The Balaban J connectivity index is 4.73. The van der Waals surface area contributed by atoms with Gasteiger partial charge in [0.25, 0.3) is 0 Å². The SMILES string of the molecule is CCCC/C=C/[C@](C=O)(CCCC)[C@@H](C)OCC. The first-order chi connectivity index (χ1) is 8.66. The largest absolute Gasteiger partial charge is 0.377 e. The van der Waals surface area contributed by atoms with E-state index in [-0.39, 0.29) is 6.10 Å². The molecule has 0 aromatic rings. The molecule has 0 fully saturated rings. The standard InChI is InChI=1S/C16H30O2/c1-5-8-10-11-13-16(14-17,12-9-6-2)15(4)18-7-3/h11,13-15H,5-10,12H2,1-4H3/b13-11+/t15-,16+/m1/s1. The van der Waals surface area contributed by atoms with Crippen LogP contribution in [-0.2, 0) is 9.53 Å². The molecule has 0 saturated carbocycles. The number of carbonyl (C=O) groups excluding carboxylic acids is 1. The van der Waals surface area contributed by atoms with Gasteiger partial charge in [-0.05, 0) is 26.7 Å². The summed E-state index contributed by atoms with van der Waals surface area (Å²) in [6.45, 7) is 8.98. The highest BCUT2D eigenvalue weighted by Gasteiger charge is 2.33.